The molecule has 17 heavy (non-hydrogen) atoms. The summed E-state index contributed by atoms with van der Waals surface area (Å²) in [6, 6.07) is 0. The van der Waals surface area contributed by atoms with Crippen LogP contribution >= 0.6 is 0 Å². The van der Waals surface area contributed by atoms with E-state index in [4.69, 9.17) is 5.11 Å². The van der Waals surface area contributed by atoms with Crippen LogP contribution in [0.15, 0.2) is 0 Å². The molecule has 1 aromatic rings. The number of aromatic carboxylic acids is 1. The first-order valence-corrected chi connectivity index (χ1v) is 6.26. The van der Waals surface area contributed by atoms with Crippen LogP contribution in [0.4, 0.5) is 0 Å². The van der Waals surface area contributed by atoms with E-state index in [9.17, 15) is 4.79 Å². The first-order valence-electron chi connectivity index (χ1n) is 6.26. The lowest BCUT2D eigenvalue weighted by molar-refractivity contribution is 0.0688. The van der Waals surface area contributed by atoms with Gasteiger partial charge < -0.3 is 5.11 Å². The van der Waals surface area contributed by atoms with Crippen LogP contribution < -0.4 is 0 Å². The average Bonchev–Trinajstić information content (AvgIpc) is 2.86. The maximum Gasteiger partial charge on any atom is 0.358 e. The van der Waals surface area contributed by atoms with Crippen LogP contribution in [0, 0.1) is 5.92 Å². The fourth-order valence-corrected chi connectivity index (χ4v) is 2.62. The summed E-state index contributed by atoms with van der Waals surface area (Å²) < 4.78 is 1.80. The summed E-state index contributed by atoms with van der Waals surface area (Å²) in [4.78, 5) is 11.1. The minimum absolute atomic E-state index is 0.109. The van der Waals surface area contributed by atoms with Crippen LogP contribution in [0.25, 0.3) is 0 Å². The Morgan fingerprint density at radius 3 is 2.65 bits per heavy atom. The molecule has 0 aliphatic heterocycles. The molecule has 1 aliphatic carbocycles. The van der Waals surface area contributed by atoms with Gasteiger partial charge in [0, 0.05) is 6.54 Å². The minimum Gasteiger partial charge on any atom is -0.476 e. The van der Waals surface area contributed by atoms with Gasteiger partial charge in [0.1, 0.15) is 0 Å². The van der Waals surface area contributed by atoms with Crippen molar-refractivity contribution < 1.29 is 9.90 Å². The van der Waals surface area contributed by atoms with E-state index in [0.29, 0.717) is 5.92 Å². The van der Waals surface area contributed by atoms with Crippen molar-refractivity contribution in [1.29, 1.82) is 0 Å². The van der Waals surface area contributed by atoms with Gasteiger partial charge in [0.2, 0.25) is 0 Å². The summed E-state index contributed by atoms with van der Waals surface area (Å²) in [5.74, 6) is -0.209. The Morgan fingerprint density at radius 1 is 1.47 bits per heavy atom. The molecule has 0 bridgehead atoms. The van der Waals surface area contributed by atoms with Crippen molar-refractivity contribution in [3.63, 3.8) is 0 Å². The Morgan fingerprint density at radius 2 is 2.12 bits per heavy atom. The fourth-order valence-electron chi connectivity index (χ4n) is 2.62. The zero-order chi connectivity index (χ0) is 12.4. The Kier molecular flexibility index (Phi) is 3.45. The third-order valence-electron chi connectivity index (χ3n) is 3.43. The summed E-state index contributed by atoms with van der Waals surface area (Å²) in [5.41, 5.74) is 0.863. The molecule has 0 spiro atoms. The molecule has 94 valence electrons. The molecular formula is C12H19N3O2. The third-order valence-corrected chi connectivity index (χ3v) is 3.43. The molecule has 0 unspecified atom stereocenters. The van der Waals surface area contributed by atoms with Crippen molar-refractivity contribution in [3.8, 4) is 0 Å². The first-order chi connectivity index (χ1) is 8.09. The van der Waals surface area contributed by atoms with Crippen molar-refractivity contribution in [2.45, 2.75) is 52.0 Å². The van der Waals surface area contributed by atoms with E-state index in [0.717, 1.165) is 12.2 Å². The summed E-state index contributed by atoms with van der Waals surface area (Å²) in [5, 5.41) is 16.9. The highest BCUT2D eigenvalue weighted by Crippen LogP contribution is 2.27. The second-order valence-corrected chi connectivity index (χ2v) is 5.12. The number of aromatic nitrogens is 3. The van der Waals surface area contributed by atoms with Gasteiger partial charge >= 0.3 is 5.97 Å². The number of hydrogen-bond acceptors (Lipinski definition) is 3. The molecule has 1 heterocycles. The number of hydrogen-bond donors (Lipinski definition) is 1. The van der Waals surface area contributed by atoms with Gasteiger partial charge in [-0.1, -0.05) is 31.9 Å². The average molecular weight is 237 g/mol. The Labute approximate surface area is 101 Å². The lowest BCUT2D eigenvalue weighted by Crippen LogP contribution is -2.14. The van der Waals surface area contributed by atoms with Crippen LogP contribution in [0.5, 0.6) is 0 Å². The number of nitrogens with zero attached hydrogens (tertiary/aromatic N) is 3. The van der Waals surface area contributed by atoms with E-state index in [1.807, 2.05) is 13.8 Å². The zero-order valence-electron chi connectivity index (χ0n) is 10.4. The molecule has 5 nitrogen and oxygen atoms in total. The van der Waals surface area contributed by atoms with E-state index >= 15 is 0 Å². The smallest absolute Gasteiger partial charge is 0.358 e. The Hall–Kier alpha value is -1.39. The molecule has 2 rings (SSSR count). The first kappa shape index (κ1) is 12.1. The topological polar surface area (TPSA) is 68.0 Å². The van der Waals surface area contributed by atoms with Crippen LogP contribution in [0.2, 0.25) is 0 Å². The molecule has 1 saturated carbocycles. The van der Waals surface area contributed by atoms with Gasteiger partial charge in [-0.15, -0.1) is 5.10 Å². The van der Waals surface area contributed by atoms with Crippen LogP contribution in [-0.4, -0.2) is 26.1 Å². The van der Waals surface area contributed by atoms with Gasteiger partial charge in [-0.25, -0.2) is 9.48 Å². The van der Waals surface area contributed by atoms with Crippen molar-refractivity contribution in [2.75, 3.05) is 0 Å². The van der Waals surface area contributed by atoms with E-state index < -0.39 is 5.97 Å². The van der Waals surface area contributed by atoms with Crippen LogP contribution in [-0.2, 0) is 6.54 Å². The molecule has 0 amide bonds. The lowest BCUT2D eigenvalue weighted by atomic mass is 10.1. The largest absolute Gasteiger partial charge is 0.476 e. The molecule has 5 heteroatoms. The normalized spacial score (nSPS) is 16.9. The summed E-state index contributed by atoms with van der Waals surface area (Å²) in [6.07, 6.45) is 5.00. The van der Waals surface area contributed by atoms with Gasteiger partial charge in [0.15, 0.2) is 5.69 Å². The molecule has 1 N–H and O–H groups in total. The van der Waals surface area contributed by atoms with Crippen molar-refractivity contribution in [3.05, 3.63) is 11.4 Å². The van der Waals surface area contributed by atoms with E-state index in [2.05, 4.69) is 10.3 Å². The van der Waals surface area contributed by atoms with Gasteiger partial charge in [-0.3, -0.25) is 0 Å². The van der Waals surface area contributed by atoms with Gasteiger partial charge in [0.05, 0.1) is 5.69 Å². The summed E-state index contributed by atoms with van der Waals surface area (Å²) >= 11 is 0. The maximum atomic E-state index is 11.1. The lowest BCUT2D eigenvalue weighted by Gasteiger charge is -2.13. The van der Waals surface area contributed by atoms with Crippen molar-refractivity contribution in [1.82, 2.24) is 15.0 Å². The standard InChI is InChI=1S/C12H19N3O2/c1-8(2)11-10(12(16)17)13-14-15(11)7-9-5-3-4-6-9/h8-9H,3-7H2,1-2H3,(H,16,17). The molecule has 0 atom stereocenters. The Balaban J connectivity index is 2.23. The van der Waals surface area contributed by atoms with Gasteiger partial charge in [0.25, 0.3) is 0 Å². The summed E-state index contributed by atoms with van der Waals surface area (Å²) in [7, 11) is 0. The monoisotopic (exact) mass is 237 g/mol. The number of carbonyl (C=O) groups is 1. The van der Waals surface area contributed by atoms with E-state index in [-0.39, 0.29) is 11.6 Å². The second-order valence-electron chi connectivity index (χ2n) is 5.12. The maximum absolute atomic E-state index is 11.1. The second kappa shape index (κ2) is 4.85. The van der Waals surface area contributed by atoms with Crippen molar-refractivity contribution >= 4 is 5.97 Å². The van der Waals surface area contributed by atoms with E-state index in [1.54, 1.807) is 4.68 Å². The van der Waals surface area contributed by atoms with Gasteiger partial charge in [-0.05, 0) is 24.7 Å². The quantitative estimate of drug-likeness (QED) is 0.872. The number of carboxylic acid groups (broad SMARTS) is 1. The van der Waals surface area contributed by atoms with Gasteiger partial charge in [-0.2, -0.15) is 0 Å². The van der Waals surface area contributed by atoms with Crippen LogP contribution in [0.1, 0.15) is 61.6 Å². The predicted molar refractivity (Wildman–Crippen MR) is 63.0 cm³/mol. The molecule has 1 aliphatic rings. The number of carboxylic acids is 1. The molecule has 1 aromatic heterocycles. The molecule has 0 aromatic carbocycles. The molecule has 0 radical (unpaired) electrons. The predicted octanol–water partition coefficient (Wildman–Crippen LogP) is 2.29. The van der Waals surface area contributed by atoms with Crippen LogP contribution in [0.3, 0.4) is 0 Å². The highest BCUT2D eigenvalue weighted by Gasteiger charge is 2.24. The molecular weight excluding hydrogens is 218 g/mol. The Bertz CT molecular complexity index is 406. The highest BCUT2D eigenvalue weighted by molar-refractivity contribution is 5.86. The fraction of sp³-hybridized carbons (Fsp3) is 0.750. The minimum atomic E-state index is -0.980. The van der Waals surface area contributed by atoms with E-state index in [1.165, 1.54) is 25.7 Å². The summed E-state index contributed by atoms with van der Waals surface area (Å²) in [6.45, 7) is 4.78. The SMILES string of the molecule is CC(C)c1c(C(=O)O)nnn1CC1CCCC1. The molecule has 0 saturated heterocycles. The third kappa shape index (κ3) is 2.48. The number of rotatable bonds is 4. The highest BCUT2D eigenvalue weighted by atomic mass is 16.4. The van der Waals surface area contributed by atoms with Crippen molar-refractivity contribution in [2.24, 2.45) is 5.92 Å². The molecule has 1 fully saturated rings. The zero-order valence-corrected chi connectivity index (χ0v) is 10.4.